The number of pyridine rings is 1. The van der Waals surface area contributed by atoms with Crippen molar-refractivity contribution in [1.82, 2.24) is 4.98 Å². The van der Waals surface area contributed by atoms with Gasteiger partial charge in [-0.05, 0) is 0 Å². The van der Waals surface area contributed by atoms with Gasteiger partial charge in [-0.15, -0.1) is 0 Å². The number of hydrogen-bond donors (Lipinski definition) is 0. The van der Waals surface area contributed by atoms with Gasteiger partial charge in [0.15, 0.2) is 0 Å². The molecule has 2 nitrogen and oxygen atoms in total. The van der Waals surface area contributed by atoms with Crippen molar-refractivity contribution in [2.45, 2.75) is 0 Å². The normalized spacial score (nSPS) is 10.9. The first-order chi connectivity index (χ1) is 10.4. The average molecular weight is 335 g/mol. The Morgan fingerprint density at radius 1 is 0.714 bits per heavy atom. The summed E-state index contributed by atoms with van der Waals surface area (Å²) in [5.41, 5.74) is 0.944. The van der Waals surface area contributed by atoms with Gasteiger partial charge in [0.25, 0.3) is 0 Å². The van der Waals surface area contributed by atoms with Gasteiger partial charge in [0, 0.05) is 0 Å². The Balaban J connectivity index is 2.20. The Morgan fingerprint density at radius 2 is 1.29 bits per heavy atom. The number of benzene rings is 2. The van der Waals surface area contributed by atoms with E-state index in [1.54, 1.807) is 12.4 Å². The van der Waals surface area contributed by atoms with E-state index in [1.165, 1.54) is 19.3 Å². The van der Waals surface area contributed by atoms with Crippen LogP contribution in [0.3, 0.4) is 0 Å². The second-order valence-electron chi connectivity index (χ2n) is 4.76. The summed E-state index contributed by atoms with van der Waals surface area (Å²) in [6, 6.07) is 21.1. The number of rotatable bonds is 1. The molecule has 0 bridgehead atoms. The van der Waals surface area contributed by atoms with E-state index in [9.17, 15) is 0 Å². The third-order valence-corrected chi connectivity index (χ3v) is 5.82. The Hall–Kier alpha value is -2.22. The molecule has 4 aromatic rings. The van der Waals surface area contributed by atoms with E-state index in [4.69, 9.17) is 4.99 Å². The summed E-state index contributed by atoms with van der Waals surface area (Å²) in [6.07, 6.45) is 3.56. The molecule has 4 rings (SSSR count). The molecule has 2 aromatic heterocycles. The van der Waals surface area contributed by atoms with Gasteiger partial charge in [-0.25, -0.2) is 0 Å². The summed E-state index contributed by atoms with van der Waals surface area (Å²) < 4.78 is 2.80. The van der Waals surface area contributed by atoms with Gasteiger partial charge >= 0.3 is 128 Å². The van der Waals surface area contributed by atoms with Gasteiger partial charge in [-0.3, -0.25) is 0 Å². The van der Waals surface area contributed by atoms with Crippen LogP contribution in [0.15, 0.2) is 78.0 Å². The van der Waals surface area contributed by atoms with Crippen LogP contribution in [0.25, 0.3) is 19.3 Å². The molecule has 0 fully saturated rings. The fourth-order valence-electron chi connectivity index (χ4n) is 2.43. The third-order valence-electron chi connectivity index (χ3n) is 3.41. The van der Waals surface area contributed by atoms with Crippen LogP contribution in [0.2, 0.25) is 0 Å². The fraction of sp³-hybridized carbons (Fsp3) is 0. The molecule has 0 unspecified atom stereocenters. The van der Waals surface area contributed by atoms with Crippen LogP contribution in [0.1, 0.15) is 0 Å². The van der Waals surface area contributed by atoms with Crippen LogP contribution in [0.5, 0.6) is 0 Å². The Morgan fingerprint density at radius 3 is 1.90 bits per heavy atom. The first-order valence-electron chi connectivity index (χ1n) is 6.77. The zero-order valence-corrected chi connectivity index (χ0v) is 12.9. The molecule has 0 amide bonds. The summed E-state index contributed by atoms with van der Waals surface area (Å²) in [5.74, 6) is 0. The molecule has 0 atom stereocenters. The maximum absolute atomic E-state index is 4.89. The van der Waals surface area contributed by atoms with Gasteiger partial charge in [0.05, 0.1) is 0 Å². The van der Waals surface area contributed by atoms with Gasteiger partial charge < -0.3 is 0 Å². The Bertz CT molecular complexity index is 931. The minimum atomic E-state index is 0.352. The monoisotopic (exact) mass is 336 g/mol. The number of hydrogen-bond acceptors (Lipinski definition) is 2. The van der Waals surface area contributed by atoms with Crippen LogP contribution < -0.4 is 5.36 Å². The maximum atomic E-state index is 4.89. The van der Waals surface area contributed by atoms with E-state index >= 15 is 0 Å². The molecular formula is C18H12N2Se. The zero-order chi connectivity index (χ0) is 14.1. The van der Waals surface area contributed by atoms with Crippen molar-refractivity contribution >= 4 is 39.5 Å². The number of aromatic nitrogens is 1. The molecule has 21 heavy (non-hydrogen) atoms. The molecule has 0 saturated heterocycles. The van der Waals surface area contributed by atoms with E-state index < -0.39 is 0 Å². The van der Waals surface area contributed by atoms with E-state index in [0.717, 1.165) is 11.0 Å². The van der Waals surface area contributed by atoms with Crippen molar-refractivity contribution in [1.29, 1.82) is 0 Å². The first kappa shape index (κ1) is 12.5. The fourth-order valence-corrected chi connectivity index (χ4v) is 4.70. The molecular weight excluding hydrogens is 323 g/mol. The van der Waals surface area contributed by atoms with Crippen LogP contribution in [-0.4, -0.2) is 19.5 Å². The summed E-state index contributed by atoms with van der Waals surface area (Å²) in [4.78, 5) is 8.95. The molecule has 0 aliphatic carbocycles. The molecule has 0 saturated carbocycles. The topological polar surface area (TPSA) is 25.2 Å². The van der Waals surface area contributed by atoms with E-state index in [-0.39, 0.29) is 0 Å². The second-order valence-corrected chi connectivity index (χ2v) is 7.03. The van der Waals surface area contributed by atoms with E-state index in [1.807, 2.05) is 12.1 Å². The molecule has 3 heteroatoms. The van der Waals surface area contributed by atoms with Crippen LogP contribution in [0.4, 0.5) is 5.69 Å². The van der Waals surface area contributed by atoms with Gasteiger partial charge in [-0.1, -0.05) is 0 Å². The molecule has 0 aliphatic heterocycles. The van der Waals surface area contributed by atoms with E-state index in [2.05, 4.69) is 53.5 Å². The molecule has 0 N–H and O–H groups in total. The first-order valence-corrected chi connectivity index (χ1v) is 8.48. The summed E-state index contributed by atoms with van der Waals surface area (Å²) in [6.45, 7) is 0. The van der Waals surface area contributed by atoms with E-state index in [0.29, 0.717) is 14.5 Å². The van der Waals surface area contributed by atoms with Crippen molar-refractivity contribution in [3.8, 4) is 0 Å². The summed E-state index contributed by atoms with van der Waals surface area (Å²) >= 11 is 0.352. The predicted octanol–water partition coefficient (Wildman–Crippen LogP) is 3.68. The van der Waals surface area contributed by atoms with Crippen LogP contribution in [-0.2, 0) is 0 Å². The molecule has 0 spiro atoms. The SMILES string of the molecule is c1ccc2c(=Nc3ccncc3)c3ccccc3[se]c2c1. The third kappa shape index (κ3) is 2.31. The van der Waals surface area contributed by atoms with Crippen molar-refractivity contribution in [2.75, 3.05) is 0 Å². The quantitative estimate of drug-likeness (QED) is 0.385. The molecule has 2 aromatic carbocycles. The van der Waals surface area contributed by atoms with Crippen molar-refractivity contribution in [2.24, 2.45) is 4.99 Å². The average Bonchev–Trinajstić information content (AvgIpc) is 2.55. The van der Waals surface area contributed by atoms with Gasteiger partial charge in [-0.2, -0.15) is 0 Å². The van der Waals surface area contributed by atoms with Crippen molar-refractivity contribution < 1.29 is 0 Å². The second kappa shape index (κ2) is 5.28. The standard InChI is InChI=1S/C18H12N2Se/c1-3-7-16-14(5-1)18(20-13-9-11-19-12-10-13)15-6-2-4-8-17(15)21-16/h1-12H. The summed E-state index contributed by atoms with van der Waals surface area (Å²) in [5, 5.41) is 3.58. The predicted molar refractivity (Wildman–Crippen MR) is 87.9 cm³/mol. The summed E-state index contributed by atoms with van der Waals surface area (Å²) in [7, 11) is 0. The molecule has 100 valence electrons. The number of nitrogens with zero attached hydrogens (tertiary/aromatic N) is 2. The van der Waals surface area contributed by atoms with Crippen LogP contribution >= 0.6 is 0 Å². The zero-order valence-electron chi connectivity index (χ0n) is 11.2. The minimum absolute atomic E-state index is 0.352. The van der Waals surface area contributed by atoms with Crippen LogP contribution in [0, 0.1) is 0 Å². The molecule has 0 aliphatic rings. The molecule has 2 heterocycles. The van der Waals surface area contributed by atoms with Crippen molar-refractivity contribution in [3.05, 3.63) is 78.4 Å². The molecule has 0 radical (unpaired) electrons. The number of fused-ring (bicyclic) bond motifs is 2. The van der Waals surface area contributed by atoms with Gasteiger partial charge in [0.2, 0.25) is 0 Å². The Labute approximate surface area is 128 Å². The Kier molecular flexibility index (Phi) is 3.15. The van der Waals surface area contributed by atoms with Gasteiger partial charge in [0.1, 0.15) is 0 Å². The van der Waals surface area contributed by atoms with Crippen molar-refractivity contribution in [3.63, 3.8) is 0 Å².